The third kappa shape index (κ3) is 5.03. The molecule has 0 N–H and O–H groups in total. The van der Waals surface area contributed by atoms with E-state index < -0.39 is 40.8 Å². The fourth-order valence-electron chi connectivity index (χ4n) is 3.22. The van der Waals surface area contributed by atoms with Gasteiger partial charge < -0.3 is 9.47 Å². The van der Waals surface area contributed by atoms with E-state index in [0.717, 1.165) is 12.1 Å². The van der Waals surface area contributed by atoms with Crippen LogP contribution in [0.5, 0.6) is 11.5 Å². The molecular formula is C22H24N2O8S. The molecule has 0 aliphatic carbocycles. The van der Waals surface area contributed by atoms with Gasteiger partial charge in [-0.05, 0) is 49.3 Å². The number of hydrogen-bond donors (Lipinski definition) is 0. The van der Waals surface area contributed by atoms with Gasteiger partial charge in [-0.3, -0.25) is 20.2 Å². The van der Waals surface area contributed by atoms with Crippen LogP contribution >= 0.6 is 0 Å². The molecule has 2 aromatic carbocycles. The number of nitrogens with zero attached hydrogens (tertiary/aromatic N) is 2. The summed E-state index contributed by atoms with van der Waals surface area (Å²) in [6, 6.07) is 4.60. The average molecular weight is 477 g/mol. The van der Waals surface area contributed by atoms with Crippen molar-refractivity contribution >= 4 is 33.4 Å². The lowest BCUT2D eigenvalue weighted by molar-refractivity contribution is -0.388. The lowest BCUT2D eigenvalue weighted by Gasteiger charge is -2.13. The Labute approximate surface area is 191 Å². The lowest BCUT2D eigenvalue weighted by Crippen LogP contribution is -2.11. The van der Waals surface area contributed by atoms with Gasteiger partial charge in [0.25, 0.3) is 11.4 Å². The monoisotopic (exact) mass is 476 g/mol. The summed E-state index contributed by atoms with van der Waals surface area (Å²) in [5.41, 5.74) is -1.55. The molecule has 0 amide bonds. The topological polar surface area (TPSA) is 139 Å². The van der Waals surface area contributed by atoms with E-state index in [0.29, 0.717) is 12.8 Å². The van der Waals surface area contributed by atoms with Crippen LogP contribution in [-0.2, 0) is 9.84 Å². The van der Waals surface area contributed by atoms with Gasteiger partial charge in [0.2, 0.25) is 9.84 Å². The fourth-order valence-corrected chi connectivity index (χ4v) is 4.83. The summed E-state index contributed by atoms with van der Waals surface area (Å²) in [4.78, 5) is 20.9. The molecule has 2 aromatic rings. The Morgan fingerprint density at radius 1 is 0.788 bits per heavy atom. The minimum absolute atomic E-state index is 0.0484. The molecule has 0 saturated carbocycles. The molecule has 0 bridgehead atoms. The molecule has 0 fully saturated rings. The first-order valence-electron chi connectivity index (χ1n) is 9.94. The lowest BCUT2D eigenvalue weighted by atomic mass is 10.1. The van der Waals surface area contributed by atoms with Gasteiger partial charge >= 0.3 is 0 Å². The van der Waals surface area contributed by atoms with Gasteiger partial charge in [0.05, 0.1) is 35.2 Å². The molecule has 0 unspecified atom stereocenters. The van der Waals surface area contributed by atoms with E-state index in [9.17, 15) is 28.6 Å². The highest BCUT2D eigenvalue weighted by Crippen LogP contribution is 2.43. The Morgan fingerprint density at radius 3 is 1.42 bits per heavy atom. The van der Waals surface area contributed by atoms with E-state index in [4.69, 9.17) is 9.47 Å². The molecule has 0 aliphatic rings. The van der Waals surface area contributed by atoms with Gasteiger partial charge in [-0.25, -0.2) is 8.42 Å². The molecule has 0 radical (unpaired) electrons. The molecule has 10 nitrogen and oxygen atoms in total. The summed E-state index contributed by atoms with van der Waals surface area (Å²) in [6.07, 6.45) is 7.10. The molecule has 0 saturated heterocycles. The second-order valence-corrected chi connectivity index (χ2v) is 8.58. The number of hydrogen-bond acceptors (Lipinski definition) is 8. The number of methoxy groups -OCH3 is 2. The summed E-state index contributed by atoms with van der Waals surface area (Å²) in [5.74, 6) is 0.197. The van der Waals surface area contributed by atoms with Gasteiger partial charge in [-0.1, -0.05) is 26.0 Å². The number of nitro benzene ring substituents is 2. The highest BCUT2D eigenvalue weighted by Gasteiger charge is 2.37. The van der Waals surface area contributed by atoms with Crippen LogP contribution in [0.1, 0.15) is 37.8 Å². The van der Waals surface area contributed by atoms with Gasteiger partial charge in [0.15, 0.2) is 9.79 Å². The molecule has 0 aromatic heterocycles. The molecule has 176 valence electrons. The van der Waals surface area contributed by atoms with E-state index >= 15 is 0 Å². The SMILES string of the molecule is CCC=Cc1c(OC)ccc(S(=O)(=O)c2ccc(OC)c(C=CCC)c2[N+](=O)[O-])c1[N+](=O)[O-]. The molecule has 0 atom stereocenters. The number of rotatable bonds is 10. The fraction of sp³-hybridized carbons (Fsp3) is 0.273. The molecule has 0 aliphatic heterocycles. The van der Waals surface area contributed by atoms with Crippen LogP contribution in [0.3, 0.4) is 0 Å². The molecule has 11 heteroatoms. The first-order chi connectivity index (χ1) is 15.6. The Morgan fingerprint density at radius 2 is 1.15 bits per heavy atom. The van der Waals surface area contributed by atoms with Crippen LogP contribution in [0.25, 0.3) is 12.2 Å². The van der Waals surface area contributed by atoms with Crippen molar-refractivity contribution in [2.24, 2.45) is 0 Å². The number of sulfone groups is 1. The number of nitro groups is 2. The standard InChI is InChI=1S/C22H24N2O8S/c1-5-7-9-15-17(31-3)11-13-19(21(15)23(25)26)33(29,30)20-14-12-18(32-4)16(10-8-6-2)22(20)24(27)28/h7-14H,5-6H2,1-4H3. The predicted octanol–water partition coefficient (Wildman–Crippen LogP) is 5.20. The van der Waals surface area contributed by atoms with Crippen LogP contribution in [-0.4, -0.2) is 32.5 Å². The number of allylic oxidation sites excluding steroid dienone is 2. The summed E-state index contributed by atoms with van der Waals surface area (Å²) in [6.45, 7) is 3.61. The summed E-state index contributed by atoms with van der Waals surface area (Å²) in [5, 5.41) is 23.9. The highest BCUT2D eigenvalue weighted by atomic mass is 32.2. The van der Waals surface area contributed by atoms with Crippen molar-refractivity contribution < 1.29 is 27.7 Å². The van der Waals surface area contributed by atoms with E-state index in [1.54, 1.807) is 12.2 Å². The van der Waals surface area contributed by atoms with Crippen LogP contribution in [0.2, 0.25) is 0 Å². The van der Waals surface area contributed by atoms with Crippen LogP contribution < -0.4 is 9.47 Å². The zero-order valence-corrected chi connectivity index (χ0v) is 19.4. The van der Waals surface area contributed by atoms with E-state index in [1.165, 1.54) is 38.5 Å². The van der Waals surface area contributed by atoms with Crippen LogP contribution in [0.4, 0.5) is 11.4 Å². The zero-order chi connectivity index (χ0) is 24.8. The van der Waals surface area contributed by atoms with Crippen LogP contribution in [0, 0.1) is 20.2 Å². The van der Waals surface area contributed by atoms with E-state index in [2.05, 4.69) is 0 Å². The molecule has 33 heavy (non-hydrogen) atoms. The van der Waals surface area contributed by atoms with Crippen molar-refractivity contribution in [2.75, 3.05) is 14.2 Å². The Balaban J connectivity index is 2.99. The molecule has 0 spiro atoms. The van der Waals surface area contributed by atoms with E-state index in [1.807, 2.05) is 13.8 Å². The molecule has 0 heterocycles. The van der Waals surface area contributed by atoms with Crippen molar-refractivity contribution in [3.63, 3.8) is 0 Å². The zero-order valence-electron chi connectivity index (χ0n) is 18.6. The first-order valence-corrected chi connectivity index (χ1v) is 11.4. The minimum atomic E-state index is -4.70. The molecule has 2 rings (SSSR count). The Kier molecular flexibility index (Phi) is 8.30. The maximum absolute atomic E-state index is 13.6. The summed E-state index contributed by atoms with van der Waals surface area (Å²) in [7, 11) is -2.09. The van der Waals surface area contributed by atoms with Crippen molar-refractivity contribution in [3.8, 4) is 11.5 Å². The maximum Gasteiger partial charge on any atom is 0.299 e. The van der Waals surface area contributed by atoms with Gasteiger partial charge in [-0.2, -0.15) is 0 Å². The van der Waals surface area contributed by atoms with Gasteiger partial charge in [-0.15, -0.1) is 0 Å². The quantitative estimate of drug-likeness (QED) is 0.337. The summed E-state index contributed by atoms with van der Waals surface area (Å²) < 4.78 is 37.5. The van der Waals surface area contributed by atoms with Crippen molar-refractivity contribution in [3.05, 3.63) is 67.8 Å². The van der Waals surface area contributed by atoms with E-state index in [-0.39, 0.29) is 22.6 Å². The largest absolute Gasteiger partial charge is 0.496 e. The van der Waals surface area contributed by atoms with Gasteiger partial charge in [0, 0.05) is 0 Å². The average Bonchev–Trinajstić information content (AvgIpc) is 2.79. The normalized spacial score (nSPS) is 11.8. The highest BCUT2D eigenvalue weighted by molar-refractivity contribution is 7.91. The van der Waals surface area contributed by atoms with Crippen molar-refractivity contribution in [2.45, 2.75) is 36.5 Å². The predicted molar refractivity (Wildman–Crippen MR) is 123 cm³/mol. The second kappa shape index (κ2) is 10.7. The molecular weight excluding hydrogens is 452 g/mol. The second-order valence-electron chi connectivity index (χ2n) is 6.70. The number of benzene rings is 2. The Bertz CT molecular complexity index is 1140. The maximum atomic E-state index is 13.6. The van der Waals surface area contributed by atoms with Crippen molar-refractivity contribution in [1.29, 1.82) is 0 Å². The van der Waals surface area contributed by atoms with Crippen molar-refractivity contribution in [1.82, 2.24) is 0 Å². The smallest absolute Gasteiger partial charge is 0.299 e. The summed E-state index contributed by atoms with van der Waals surface area (Å²) >= 11 is 0. The third-order valence-electron chi connectivity index (χ3n) is 4.70. The first kappa shape index (κ1) is 25.5. The Hall–Kier alpha value is -3.73. The minimum Gasteiger partial charge on any atom is -0.496 e. The van der Waals surface area contributed by atoms with Crippen LogP contribution in [0.15, 0.2) is 46.2 Å². The number of ether oxygens (including phenoxy) is 2. The van der Waals surface area contributed by atoms with Gasteiger partial charge in [0.1, 0.15) is 11.5 Å². The third-order valence-corrected chi connectivity index (χ3v) is 6.52.